The number of benzene rings is 1. The van der Waals surface area contributed by atoms with E-state index in [1.165, 1.54) is 6.33 Å². The molecule has 0 amide bonds. The van der Waals surface area contributed by atoms with Crippen LogP contribution in [0.5, 0.6) is 0 Å². The van der Waals surface area contributed by atoms with E-state index in [2.05, 4.69) is 9.72 Å². The van der Waals surface area contributed by atoms with Crippen LogP contribution in [0, 0.1) is 0 Å². The number of nitrogens with zero attached hydrogens (tertiary/aromatic N) is 2. The third kappa shape index (κ3) is 1.76. The van der Waals surface area contributed by atoms with Crippen LogP contribution >= 0.6 is 0 Å². The zero-order valence-corrected chi connectivity index (χ0v) is 8.76. The van der Waals surface area contributed by atoms with Crippen molar-refractivity contribution >= 4 is 17.0 Å². The van der Waals surface area contributed by atoms with Crippen LogP contribution in [0.1, 0.15) is 13.2 Å². The van der Waals surface area contributed by atoms with Crippen LogP contribution < -0.4 is 0 Å². The number of ether oxygens (including phenoxy) is 1. The van der Waals surface area contributed by atoms with Crippen molar-refractivity contribution in [2.75, 3.05) is 6.61 Å². The Morgan fingerprint density at radius 3 is 3.06 bits per heavy atom. The molecular weight excluding hydrogens is 211 g/mol. The third-order valence-corrected chi connectivity index (χ3v) is 2.21. The van der Waals surface area contributed by atoms with Crippen molar-refractivity contribution in [1.82, 2.24) is 9.55 Å². The zero-order chi connectivity index (χ0) is 11.5. The van der Waals surface area contributed by atoms with Crippen molar-refractivity contribution in [2.24, 2.45) is 0 Å². The largest absolute Gasteiger partial charge is 0.462 e. The Kier molecular flexibility index (Phi) is 2.85. The van der Waals surface area contributed by atoms with Gasteiger partial charge in [-0.1, -0.05) is 12.1 Å². The summed E-state index contributed by atoms with van der Waals surface area (Å²) in [7, 11) is 0. The lowest BCUT2D eigenvalue weighted by molar-refractivity contribution is -0.152. The molecule has 0 N–H and O–H groups in total. The monoisotopic (exact) mass is 222 g/mol. The summed E-state index contributed by atoms with van der Waals surface area (Å²) < 4.78 is 19.5. The van der Waals surface area contributed by atoms with Crippen molar-refractivity contribution in [3.63, 3.8) is 0 Å². The fraction of sp³-hybridized carbons (Fsp3) is 0.273. The molecule has 0 radical (unpaired) electrons. The van der Waals surface area contributed by atoms with Gasteiger partial charge in [0.05, 0.1) is 24.0 Å². The van der Waals surface area contributed by atoms with Gasteiger partial charge >= 0.3 is 5.97 Å². The molecule has 2 rings (SSSR count). The first-order valence-corrected chi connectivity index (χ1v) is 4.96. The minimum atomic E-state index is -1.84. The number of rotatable bonds is 3. The van der Waals surface area contributed by atoms with E-state index in [0.29, 0.717) is 11.0 Å². The van der Waals surface area contributed by atoms with Crippen LogP contribution in [0.25, 0.3) is 11.0 Å². The minimum Gasteiger partial charge on any atom is -0.462 e. The number of esters is 1. The Labute approximate surface area is 91.7 Å². The van der Waals surface area contributed by atoms with Gasteiger partial charge in [0, 0.05) is 0 Å². The molecule has 0 aliphatic carbocycles. The van der Waals surface area contributed by atoms with E-state index in [9.17, 15) is 9.18 Å². The average molecular weight is 222 g/mol. The van der Waals surface area contributed by atoms with Crippen LogP contribution in [-0.2, 0) is 9.53 Å². The Balaban J connectivity index is 2.36. The highest BCUT2D eigenvalue weighted by molar-refractivity contribution is 5.79. The zero-order valence-electron chi connectivity index (χ0n) is 8.76. The van der Waals surface area contributed by atoms with Crippen LogP contribution in [0.3, 0.4) is 0 Å². The summed E-state index contributed by atoms with van der Waals surface area (Å²) >= 11 is 0. The molecule has 2 aromatic rings. The maximum atomic E-state index is 13.7. The highest BCUT2D eigenvalue weighted by atomic mass is 19.1. The molecule has 1 unspecified atom stereocenters. The topological polar surface area (TPSA) is 44.1 Å². The molecule has 0 saturated carbocycles. The lowest BCUT2D eigenvalue weighted by atomic mass is 10.3. The Hall–Kier alpha value is -1.91. The summed E-state index contributed by atoms with van der Waals surface area (Å²) in [5, 5.41) is 0. The van der Waals surface area contributed by atoms with Crippen molar-refractivity contribution in [2.45, 2.75) is 13.2 Å². The SMILES string of the molecule is CCOC(=O)C(F)n1cnc2ccccc21. The van der Waals surface area contributed by atoms with Crippen molar-refractivity contribution in [1.29, 1.82) is 0 Å². The highest BCUT2D eigenvalue weighted by Gasteiger charge is 2.22. The molecule has 0 spiro atoms. The Morgan fingerprint density at radius 2 is 2.31 bits per heavy atom. The average Bonchev–Trinajstić information content (AvgIpc) is 2.72. The van der Waals surface area contributed by atoms with Crippen LogP contribution in [0.2, 0.25) is 0 Å². The number of para-hydroxylation sites is 2. The highest BCUT2D eigenvalue weighted by Crippen LogP contribution is 2.19. The molecule has 84 valence electrons. The molecule has 0 aliphatic heterocycles. The van der Waals surface area contributed by atoms with Crippen LogP contribution in [0.15, 0.2) is 30.6 Å². The molecule has 0 bridgehead atoms. The summed E-state index contributed by atoms with van der Waals surface area (Å²) in [6, 6.07) is 7.02. The van der Waals surface area contributed by atoms with E-state index in [-0.39, 0.29) is 6.61 Å². The predicted octanol–water partition coefficient (Wildman–Crippen LogP) is 2.07. The van der Waals surface area contributed by atoms with Gasteiger partial charge in [-0.05, 0) is 19.1 Å². The first-order chi connectivity index (χ1) is 7.74. The maximum absolute atomic E-state index is 13.7. The molecule has 0 fully saturated rings. The van der Waals surface area contributed by atoms with Crippen molar-refractivity contribution < 1.29 is 13.9 Å². The van der Waals surface area contributed by atoms with Gasteiger partial charge in [-0.25, -0.2) is 14.2 Å². The van der Waals surface area contributed by atoms with Crippen molar-refractivity contribution in [3.8, 4) is 0 Å². The summed E-state index contributed by atoms with van der Waals surface area (Å²) in [5.74, 6) is -0.898. The van der Waals surface area contributed by atoms with Crippen LogP contribution in [0.4, 0.5) is 4.39 Å². The van der Waals surface area contributed by atoms with E-state index in [4.69, 9.17) is 0 Å². The van der Waals surface area contributed by atoms with Gasteiger partial charge in [0.2, 0.25) is 0 Å². The number of hydrogen-bond acceptors (Lipinski definition) is 3. The molecule has 16 heavy (non-hydrogen) atoms. The van der Waals surface area contributed by atoms with Crippen LogP contribution in [-0.4, -0.2) is 22.1 Å². The minimum absolute atomic E-state index is 0.159. The first-order valence-electron chi connectivity index (χ1n) is 4.96. The molecule has 4 nitrogen and oxygen atoms in total. The second kappa shape index (κ2) is 4.30. The van der Waals surface area contributed by atoms with Gasteiger partial charge in [0.1, 0.15) is 0 Å². The van der Waals surface area contributed by atoms with Gasteiger partial charge in [-0.15, -0.1) is 0 Å². The molecule has 0 saturated heterocycles. The fourth-order valence-electron chi connectivity index (χ4n) is 1.48. The van der Waals surface area contributed by atoms with E-state index in [1.807, 2.05) is 0 Å². The quantitative estimate of drug-likeness (QED) is 0.747. The van der Waals surface area contributed by atoms with Gasteiger partial charge in [-0.2, -0.15) is 0 Å². The van der Waals surface area contributed by atoms with E-state index in [0.717, 1.165) is 4.57 Å². The number of carbonyl (C=O) groups is 1. The number of imidazole rings is 1. The lowest BCUT2D eigenvalue weighted by Crippen LogP contribution is -2.17. The standard InChI is InChI=1S/C11H11FN2O2/c1-2-16-11(15)10(12)14-7-13-8-5-3-4-6-9(8)14/h3-7,10H,2H2,1H3. The number of carbonyl (C=O) groups excluding carboxylic acids is 1. The number of halogens is 1. The van der Waals surface area contributed by atoms with E-state index in [1.54, 1.807) is 31.2 Å². The summed E-state index contributed by atoms with van der Waals surface area (Å²) in [6.45, 7) is 1.79. The van der Waals surface area contributed by atoms with Gasteiger partial charge in [0.25, 0.3) is 6.30 Å². The van der Waals surface area contributed by atoms with Gasteiger partial charge in [0.15, 0.2) is 0 Å². The summed E-state index contributed by atoms with van der Waals surface area (Å²) in [6.07, 6.45) is -0.543. The number of alkyl halides is 1. The second-order valence-electron chi connectivity index (χ2n) is 3.23. The molecule has 1 heterocycles. The molecule has 5 heteroatoms. The Bertz CT molecular complexity index is 509. The lowest BCUT2D eigenvalue weighted by Gasteiger charge is -2.09. The molecule has 1 aromatic heterocycles. The number of fused-ring (bicyclic) bond motifs is 1. The maximum Gasteiger partial charge on any atom is 0.362 e. The third-order valence-electron chi connectivity index (χ3n) is 2.21. The molecule has 1 aromatic carbocycles. The molecule has 0 aliphatic rings. The smallest absolute Gasteiger partial charge is 0.362 e. The summed E-state index contributed by atoms with van der Waals surface area (Å²) in [5.41, 5.74) is 1.22. The second-order valence-corrected chi connectivity index (χ2v) is 3.23. The molecule has 1 atom stereocenters. The normalized spacial score (nSPS) is 12.6. The van der Waals surface area contributed by atoms with E-state index < -0.39 is 12.3 Å². The predicted molar refractivity (Wildman–Crippen MR) is 56.5 cm³/mol. The van der Waals surface area contributed by atoms with Crippen molar-refractivity contribution in [3.05, 3.63) is 30.6 Å². The number of hydrogen-bond donors (Lipinski definition) is 0. The number of aromatic nitrogens is 2. The van der Waals surface area contributed by atoms with E-state index >= 15 is 0 Å². The Morgan fingerprint density at radius 1 is 1.56 bits per heavy atom. The van der Waals surface area contributed by atoms with Gasteiger partial charge in [-0.3, -0.25) is 4.57 Å². The molecular formula is C11H11FN2O2. The summed E-state index contributed by atoms with van der Waals surface area (Å²) in [4.78, 5) is 15.2. The van der Waals surface area contributed by atoms with Gasteiger partial charge < -0.3 is 4.74 Å². The first kappa shape index (κ1) is 10.6. The fourth-order valence-corrected chi connectivity index (χ4v) is 1.48.